The summed E-state index contributed by atoms with van der Waals surface area (Å²) in [4.78, 5) is 17.0. The third kappa shape index (κ3) is 1.99. The van der Waals surface area contributed by atoms with Gasteiger partial charge in [0.1, 0.15) is 11.4 Å². The van der Waals surface area contributed by atoms with E-state index in [1.54, 1.807) is 18.3 Å². The van der Waals surface area contributed by atoms with Crippen molar-refractivity contribution in [1.29, 1.82) is 0 Å². The number of aromatic nitrogens is 1. The number of aliphatic hydroxyl groups excluding tert-OH is 1. The minimum Gasteiger partial charge on any atom is -0.478 e. The fraction of sp³-hybridized carbons (Fsp3) is 0.455. The lowest BCUT2D eigenvalue weighted by molar-refractivity contribution is 0.0697. The molecule has 0 amide bonds. The molecule has 1 aromatic rings. The Bertz CT molecular complexity index is 395. The normalized spacial score (nSPS) is 20.1. The molecule has 5 heteroatoms. The Morgan fingerprint density at radius 1 is 1.62 bits per heavy atom. The molecule has 0 bridgehead atoms. The lowest BCUT2D eigenvalue weighted by atomic mass is 10.1. The number of hydrogen-bond donors (Lipinski definition) is 2. The van der Waals surface area contributed by atoms with Gasteiger partial charge in [0.15, 0.2) is 0 Å². The third-order valence-corrected chi connectivity index (χ3v) is 2.86. The van der Waals surface area contributed by atoms with Crippen molar-refractivity contribution in [2.24, 2.45) is 5.92 Å². The molecule has 16 heavy (non-hydrogen) atoms. The van der Waals surface area contributed by atoms with Gasteiger partial charge in [-0.1, -0.05) is 0 Å². The van der Waals surface area contributed by atoms with Gasteiger partial charge in [0.25, 0.3) is 0 Å². The summed E-state index contributed by atoms with van der Waals surface area (Å²) in [5.74, 6) is -0.231. The van der Waals surface area contributed by atoms with Crippen LogP contribution in [0.4, 0.5) is 5.82 Å². The smallest absolute Gasteiger partial charge is 0.339 e. The van der Waals surface area contributed by atoms with Crippen LogP contribution in [0.25, 0.3) is 0 Å². The Labute approximate surface area is 93.3 Å². The average Bonchev–Trinajstić information content (AvgIpc) is 2.77. The summed E-state index contributed by atoms with van der Waals surface area (Å²) in [5, 5.41) is 18.1. The summed E-state index contributed by atoms with van der Waals surface area (Å²) in [6.07, 6.45) is 2.47. The quantitative estimate of drug-likeness (QED) is 0.783. The number of pyridine rings is 1. The zero-order chi connectivity index (χ0) is 11.5. The van der Waals surface area contributed by atoms with Gasteiger partial charge in [-0.15, -0.1) is 0 Å². The van der Waals surface area contributed by atoms with Crippen molar-refractivity contribution in [3.05, 3.63) is 23.9 Å². The second-order valence-electron chi connectivity index (χ2n) is 3.96. The number of anilines is 1. The highest BCUT2D eigenvalue weighted by Crippen LogP contribution is 2.24. The highest BCUT2D eigenvalue weighted by molar-refractivity contribution is 5.93. The highest BCUT2D eigenvalue weighted by atomic mass is 16.4. The molecule has 0 radical (unpaired) electrons. The number of rotatable bonds is 3. The van der Waals surface area contributed by atoms with Crippen LogP contribution in [0.5, 0.6) is 0 Å². The van der Waals surface area contributed by atoms with E-state index < -0.39 is 5.97 Å². The minimum absolute atomic E-state index is 0.145. The van der Waals surface area contributed by atoms with Crippen molar-refractivity contribution in [3.63, 3.8) is 0 Å². The summed E-state index contributed by atoms with van der Waals surface area (Å²) < 4.78 is 0. The van der Waals surface area contributed by atoms with Crippen LogP contribution in [0, 0.1) is 5.92 Å². The molecule has 2 rings (SSSR count). The number of nitrogens with zero attached hydrogens (tertiary/aromatic N) is 2. The topological polar surface area (TPSA) is 73.7 Å². The van der Waals surface area contributed by atoms with Crippen LogP contribution < -0.4 is 4.90 Å². The Balaban J connectivity index is 2.24. The third-order valence-electron chi connectivity index (χ3n) is 2.86. The molecule has 2 heterocycles. The van der Waals surface area contributed by atoms with E-state index in [0.717, 1.165) is 13.0 Å². The first-order valence-electron chi connectivity index (χ1n) is 5.26. The van der Waals surface area contributed by atoms with Gasteiger partial charge in [-0.2, -0.15) is 0 Å². The maximum Gasteiger partial charge on any atom is 0.339 e. The molecule has 1 fully saturated rings. The average molecular weight is 222 g/mol. The molecule has 1 aliphatic rings. The van der Waals surface area contributed by atoms with E-state index in [-0.39, 0.29) is 18.1 Å². The monoisotopic (exact) mass is 222 g/mol. The SMILES string of the molecule is O=C(O)c1cccnc1N1CC[C@H](CO)C1. The molecule has 0 aromatic carbocycles. The standard InChI is InChI=1S/C11H14N2O3/c14-7-8-3-5-13(6-8)10-9(11(15)16)2-1-4-12-10/h1-2,4,8,14H,3,5-7H2,(H,15,16)/t8-/m0/s1. The lowest BCUT2D eigenvalue weighted by Crippen LogP contribution is -2.24. The summed E-state index contributed by atoms with van der Waals surface area (Å²) in [7, 11) is 0. The fourth-order valence-corrected chi connectivity index (χ4v) is 1.99. The van der Waals surface area contributed by atoms with Crippen LogP contribution in [0.1, 0.15) is 16.8 Å². The first-order valence-corrected chi connectivity index (χ1v) is 5.26. The van der Waals surface area contributed by atoms with Crippen molar-refractivity contribution in [2.45, 2.75) is 6.42 Å². The first-order chi connectivity index (χ1) is 7.72. The molecule has 5 nitrogen and oxygen atoms in total. The van der Waals surface area contributed by atoms with Crippen LogP contribution in [-0.2, 0) is 0 Å². The number of carbonyl (C=O) groups is 1. The van der Waals surface area contributed by atoms with Crippen LogP contribution in [0.15, 0.2) is 18.3 Å². The second kappa shape index (κ2) is 4.49. The van der Waals surface area contributed by atoms with Crippen molar-refractivity contribution in [2.75, 3.05) is 24.6 Å². The van der Waals surface area contributed by atoms with Crippen molar-refractivity contribution in [1.82, 2.24) is 4.98 Å². The second-order valence-corrected chi connectivity index (χ2v) is 3.96. The zero-order valence-electron chi connectivity index (χ0n) is 8.83. The Morgan fingerprint density at radius 3 is 3.06 bits per heavy atom. The summed E-state index contributed by atoms with van der Waals surface area (Å²) >= 11 is 0. The Kier molecular flexibility index (Phi) is 3.05. The van der Waals surface area contributed by atoms with Gasteiger partial charge < -0.3 is 15.1 Å². The Morgan fingerprint density at radius 2 is 2.44 bits per heavy atom. The molecule has 0 unspecified atom stereocenters. The lowest BCUT2D eigenvalue weighted by Gasteiger charge is -2.18. The van der Waals surface area contributed by atoms with Gasteiger partial charge >= 0.3 is 5.97 Å². The van der Waals surface area contributed by atoms with Crippen molar-refractivity contribution < 1.29 is 15.0 Å². The largest absolute Gasteiger partial charge is 0.478 e. The van der Waals surface area contributed by atoms with E-state index in [9.17, 15) is 4.79 Å². The van der Waals surface area contributed by atoms with Gasteiger partial charge in [-0.05, 0) is 18.6 Å². The van der Waals surface area contributed by atoms with Gasteiger partial charge in [0.2, 0.25) is 0 Å². The molecular formula is C11H14N2O3. The molecule has 1 saturated heterocycles. The van der Waals surface area contributed by atoms with Gasteiger partial charge in [0, 0.05) is 31.8 Å². The maximum atomic E-state index is 11.0. The summed E-state index contributed by atoms with van der Waals surface area (Å²) in [6, 6.07) is 3.17. The van der Waals surface area contributed by atoms with E-state index in [1.165, 1.54) is 0 Å². The number of aromatic carboxylic acids is 1. The van der Waals surface area contributed by atoms with E-state index in [0.29, 0.717) is 12.4 Å². The van der Waals surface area contributed by atoms with Gasteiger partial charge in [-0.3, -0.25) is 0 Å². The Hall–Kier alpha value is -1.62. The highest BCUT2D eigenvalue weighted by Gasteiger charge is 2.25. The van der Waals surface area contributed by atoms with Crippen LogP contribution in [0.2, 0.25) is 0 Å². The summed E-state index contributed by atoms with van der Waals surface area (Å²) in [6.45, 7) is 1.57. The molecule has 1 aliphatic heterocycles. The van der Waals surface area contributed by atoms with Crippen molar-refractivity contribution in [3.8, 4) is 0 Å². The molecule has 0 spiro atoms. The van der Waals surface area contributed by atoms with E-state index in [2.05, 4.69) is 4.98 Å². The molecule has 0 aliphatic carbocycles. The molecule has 1 atom stereocenters. The number of hydrogen-bond acceptors (Lipinski definition) is 4. The van der Waals surface area contributed by atoms with E-state index >= 15 is 0 Å². The first kappa shape index (κ1) is 10.9. The maximum absolute atomic E-state index is 11.0. The van der Waals surface area contributed by atoms with Gasteiger partial charge in [-0.25, -0.2) is 9.78 Å². The summed E-state index contributed by atoms with van der Waals surface area (Å²) in [5.41, 5.74) is 0.223. The van der Waals surface area contributed by atoms with Crippen LogP contribution in [-0.4, -0.2) is 40.9 Å². The fourth-order valence-electron chi connectivity index (χ4n) is 1.99. The molecule has 86 valence electrons. The van der Waals surface area contributed by atoms with Crippen LogP contribution >= 0.6 is 0 Å². The molecule has 2 N–H and O–H groups in total. The molecular weight excluding hydrogens is 208 g/mol. The van der Waals surface area contributed by atoms with Crippen LogP contribution in [0.3, 0.4) is 0 Å². The molecule has 1 aromatic heterocycles. The predicted molar refractivity (Wildman–Crippen MR) is 58.6 cm³/mol. The number of carboxylic acids is 1. The van der Waals surface area contributed by atoms with E-state index in [4.69, 9.17) is 10.2 Å². The minimum atomic E-state index is -0.962. The predicted octanol–water partition coefficient (Wildman–Crippen LogP) is 0.598. The van der Waals surface area contributed by atoms with Gasteiger partial charge in [0.05, 0.1) is 0 Å². The van der Waals surface area contributed by atoms with E-state index in [1.807, 2.05) is 4.90 Å². The zero-order valence-corrected chi connectivity index (χ0v) is 8.83. The number of carboxylic acid groups (broad SMARTS) is 1. The van der Waals surface area contributed by atoms with Crippen molar-refractivity contribution >= 4 is 11.8 Å². The molecule has 0 saturated carbocycles. The number of aliphatic hydroxyl groups is 1.